The molecule has 0 saturated carbocycles. The minimum atomic E-state index is 0. The molecule has 3 fully saturated rings. The van der Waals surface area contributed by atoms with E-state index in [9.17, 15) is 0 Å². The first-order valence-electron chi connectivity index (χ1n) is 14.3. The highest BCUT2D eigenvalue weighted by Crippen LogP contribution is 1.94. The van der Waals surface area contributed by atoms with Gasteiger partial charge in [0.1, 0.15) is 0 Å². The molecule has 3 saturated heterocycles. The van der Waals surface area contributed by atoms with Crippen molar-refractivity contribution < 1.29 is 0 Å². The van der Waals surface area contributed by atoms with Gasteiger partial charge in [0, 0.05) is 52.4 Å². The summed E-state index contributed by atoms with van der Waals surface area (Å²) in [6.45, 7) is 19.0. The van der Waals surface area contributed by atoms with Crippen molar-refractivity contribution in [2.45, 2.75) is 54.4 Å². The summed E-state index contributed by atoms with van der Waals surface area (Å²) >= 11 is 0. The monoisotopic (exact) mass is 545 g/mol. The Morgan fingerprint density at radius 1 is 0.395 bits per heavy atom. The number of rotatable bonds is 0. The molecule has 0 radical (unpaired) electrons. The molecule has 4 aliphatic heterocycles. The van der Waals surface area contributed by atoms with E-state index in [1.807, 2.05) is 0 Å². The molecule has 232 valence electrons. The van der Waals surface area contributed by atoms with Gasteiger partial charge < -0.3 is 40.9 Å². The predicted octanol–water partition coefficient (Wildman–Crippen LogP) is 2.50. The van der Waals surface area contributed by atoms with Crippen LogP contribution in [0.3, 0.4) is 0 Å². The van der Waals surface area contributed by atoms with Crippen LogP contribution < -0.4 is 21.3 Å². The first-order chi connectivity index (χ1) is 17.1. The molecule has 4 N–H and O–H groups in total. The maximum absolute atomic E-state index is 3.38. The van der Waals surface area contributed by atoms with Crippen molar-refractivity contribution in [3.8, 4) is 0 Å². The summed E-state index contributed by atoms with van der Waals surface area (Å²) in [4.78, 5) is 9.44. The van der Waals surface area contributed by atoms with Gasteiger partial charge in [0.25, 0.3) is 0 Å². The Bertz CT molecular complexity index is 433. The number of likely N-dealkylation sites (N-methyl/N-ethyl adjacent to an activating group) is 3. The zero-order valence-electron chi connectivity index (χ0n) is 23.8. The van der Waals surface area contributed by atoms with Gasteiger partial charge in [0.2, 0.25) is 0 Å². The van der Waals surface area contributed by atoms with E-state index in [1.165, 1.54) is 97.6 Å². The fourth-order valence-corrected chi connectivity index (χ4v) is 4.19. The van der Waals surface area contributed by atoms with Crippen molar-refractivity contribution >= 4 is 0 Å². The zero-order chi connectivity index (χ0) is 25.4. The molecule has 0 bridgehead atoms. The first-order valence-corrected chi connectivity index (χ1v) is 14.3. The molecule has 38 heavy (non-hydrogen) atoms. The van der Waals surface area contributed by atoms with Gasteiger partial charge in [-0.3, -0.25) is 0 Å². The van der Waals surface area contributed by atoms with E-state index in [4.69, 9.17) is 0 Å². The number of hydrogen-bond acceptors (Lipinski definition) is 8. The highest BCUT2D eigenvalue weighted by molar-refractivity contribution is 4.87. The number of nitrogens with zero attached hydrogens (tertiary/aromatic N) is 4. The molecule has 0 aromatic carbocycles. The summed E-state index contributed by atoms with van der Waals surface area (Å²) in [6, 6.07) is 0. The lowest BCUT2D eigenvalue weighted by Crippen LogP contribution is -2.33. The fraction of sp³-hybridized carbons (Fsp3) is 0.933. The van der Waals surface area contributed by atoms with E-state index < -0.39 is 0 Å². The van der Waals surface area contributed by atoms with Gasteiger partial charge in [-0.15, -0.1) is 0 Å². The topological polar surface area (TPSA) is 61.1 Å². The summed E-state index contributed by atoms with van der Waals surface area (Å²) in [5.41, 5.74) is 0. The highest BCUT2D eigenvalue weighted by Gasteiger charge is 2.02. The molecule has 8 heteroatoms. The van der Waals surface area contributed by atoms with Crippen molar-refractivity contribution in [1.82, 2.24) is 40.9 Å². The van der Waals surface area contributed by atoms with Gasteiger partial charge in [-0.1, -0.05) is 34.4 Å². The maximum atomic E-state index is 3.38. The lowest BCUT2D eigenvalue weighted by atomic mass is 10.2. The molecule has 4 aliphatic rings. The molecule has 0 aromatic heterocycles. The molecule has 0 spiro atoms. The van der Waals surface area contributed by atoms with E-state index in [2.05, 4.69) is 81.2 Å². The summed E-state index contributed by atoms with van der Waals surface area (Å²) in [6.07, 6.45) is 11.0. The van der Waals surface area contributed by atoms with E-state index >= 15 is 0 Å². The SMILES string of the molecule is C.C.C.CN1C/C=C\CNCC1.CN1CCCCNCC1.CN1CCCNCC1.CN1CCCNCCC1. The Hall–Kier alpha value is -0.580. The van der Waals surface area contributed by atoms with E-state index in [-0.39, 0.29) is 22.3 Å². The minimum Gasteiger partial charge on any atom is -0.317 e. The van der Waals surface area contributed by atoms with Crippen molar-refractivity contribution in [3.05, 3.63) is 12.2 Å². The Labute approximate surface area is 240 Å². The standard InChI is InChI=1S/2C7H16N2.C7H14N2.C6H14N2.3CH4/c1-9-6-2-4-8-5-3-7-9;2*1-9-6-3-2-4-8-5-7-9;1-8-5-2-3-7-4-6-8;;;/h2*8H,2-7H2,1H3;2-3,8H,4-7H2,1H3;7H,2-6H2,1H3;3*1H4/b;;3-2-;;;;. The fourth-order valence-electron chi connectivity index (χ4n) is 4.19. The third-order valence-corrected chi connectivity index (χ3v) is 6.68. The third kappa shape index (κ3) is 28.4. The van der Waals surface area contributed by atoms with Crippen molar-refractivity contribution in [2.24, 2.45) is 0 Å². The average Bonchev–Trinajstić information content (AvgIpc) is 3.05. The first kappa shape index (κ1) is 41.9. The van der Waals surface area contributed by atoms with Gasteiger partial charge in [-0.2, -0.15) is 0 Å². The Morgan fingerprint density at radius 2 is 0.789 bits per heavy atom. The van der Waals surface area contributed by atoms with Crippen LogP contribution in [0.15, 0.2) is 12.2 Å². The van der Waals surface area contributed by atoms with Gasteiger partial charge >= 0.3 is 0 Å². The maximum Gasteiger partial charge on any atom is 0.0161 e. The molecule has 4 heterocycles. The van der Waals surface area contributed by atoms with Gasteiger partial charge in [-0.05, 0) is 113 Å². The number of nitrogens with one attached hydrogen (secondary N) is 4. The molecular formula is C30H72N8. The van der Waals surface area contributed by atoms with Crippen LogP contribution in [-0.4, -0.2) is 153 Å². The predicted molar refractivity (Wildman–Crippen MR) is 174 cm³/mol. The lowest BCUT2D eigenvalue weighted by Gasteiger charge is -2.19. The quantitative estimate of drug-likeness (QED) is 0.347. The molecular weight excluding hydrogens is 472 g/mol. The highest BCUT2D eigenvalue weighted by atomic mass is 15.1. The van der Waals surface area contributed by atoms with Crippen LogP contribution in [0.4, 0.5) is 0 Å². The van der Waals surface area contributed by atoms with Crippen molar-refractivity contribution in [2.75, 3.05) is 133 Å². The van der Waals surface area contributed by atoms with Crippen LogP contribution in [0.5, 0.6) is 0 Å². The minimum absolute atomic E-state index is 0. The van der Waals surface area contributed by atoms with Crippen LogP contribution in [0.2, 0.25) is 0 Å². The zero-order valence-corrected chi connectivity index (χ0v) is 23.8. The van der Waals surface area contributed by atoms with Crippen LogP contribution in [0, 0.1) is 0 Å². The largest absolute Gasteiger partial charge is 0.317 e. The van der Waals surface area contributed by atoms with E-state index in [0.717, 1.165) is 39.3 Å². The Morgan fingerprint density at radius 3 is 1.34 bits per heavy atom. The summed E-state index contributed by atoms with van der Waals surface area (Å²) in [5, 5.41) is 13.4. The molecule has 0 aromatic rings. The summed E-state index contributed by atoms with van der Waals surface area (Å²) in [7, 11) is 8.70. The Kier molecular flexibility index (Phi) is 34.1. The summed E-state index contributed by atoms with van der Waals surface area (Å²) < 4.78 is 0. The second-order valence-corrected chi connectivity index (χ2v) is 10.4. The van der Waals surface area contributed by atoms with Crippen LogP contribution in [0.25, 0.3) is 0 Å². The summed E-state index contributed by atoms with van der Waals surface area (Å²) in [5.74, 6) is 0. The molecule has 8 nitrogen and oxygen atoms in total. The van der Waals surface area contributed by atoms with Gasteiger partial charge in [-0.25, -0.2) is 0 Å². The molecule has 0 amide bonds. The van der Waals surface area contributed by atoms with Crippen LogP contribution in [-0.2, 0) is 0 Å². The number of hydrogen-bond donors (Lipinski definition) is 4. The lowest BCUT2D eigenvalue weighted by molar-refractivity contribution is 0.304. The second kappa shape index (κ2) is 31.0. The van der Waals surface area contributed by atoms with E-state index in [0.29, 0.717) is 0 Å². The normalized spacial score (nSPS) is 23.5. The van der Waals surface area contributed by atoms with Crippen LogP contribution >= 0.6 is 0 Å². The molecule has 0 unspecified atom stereocenters. The Balaban J connectivity index is -0.000000419. The van der Waals surface area contributed by atoms with Crippen molar-refractivity contribution in [1.29, 1.82) is 0 Å². The van der Waals surface area contributed by atoms with E-state index in [1.54, 1.807) is 0 Å². The van der Waals surface area contributed by atoms with Gasteiger partial charge in [0.15, 0.2) is 0 Å². The van der Waals surface area contributed by atoms with Gasteiger partial charge in [0.05, 0.1) is 0 Å². The third-order valence-electron chi connectivity index (χ3n) is 6.68. The van der Waals surface area contributed by atoms with Crippen LogP contribution in [0.1, 0.15) is 54.4 Å². The molecule has 0 atom stereocenters. The average molecular weight is 545 g/mol. The smallest absolute Gasteiger partial charge is 0.0161 e. The second-order valence-electron chi connectivity index (χ2n) is 10.4. The molecule has 4 rings (SSSR count). The molecule has 0 aliphatic carbocycles. The van der Waals surface area contributed by atoms with Crippen molar-refractivity contribution in [3.63, 3.8) is 0 Å².